The fourth-order valence-electron chi connectivity index (χ4n) is 4.13. The maximum atomic E-state index is 13.5. The molecule has 0 bridgehead atoms. The SMILES string of the molecule is CC1=C(C(=O)Nc2ccccc2)C(c2cc([N+](=O)[O-])ccc2Cl)n2c(nc3ccccc32)N1. The van der Waals surface area contributed by atoms with Gasteiger partial charge in [0.1, 0.15) is 0 Å². The molecule has 0 spiro atoms. The molecule has 4 aromatic rings. The van der Waals surface area contributed by atoms with Gasteiger partial charge in [-0.3, -0.25) is 19.5 Å². The Morgan fingerprint density at radius 3 is 2.61 bits per heavy atom. The highest BCUT2D eigenvalue weighted by Gasteiger charge is 2.36. The first-order chi connectivity index (χ1) is 15.9. The van der Waals surface area contributed by atoms with Crippen molar-refractivity contribution in [2.24, 2.45) is 0 Å². The number of amides is 1. The van der Waals surface area contributed by atoms with E-state index in [1.54, 1.807) is 19.1 Å². The van der Waals surface area contributed by atoms with E-state index in [1.165, 1.54) is 18.2 Å². The van der Waals surface area contributed by atoms with Gasteiger partial charge in [-0.1, -0.05) is 41.9 Å². The molecule has 0 aliphatic carbocycles. The van der Waals surface area contributed by atoms with Crippen LogP contribution in [-0.4, -0.2) is 20.4 Å². The molecule has 0 fully saturated rings. The average molecular weight is 460 g/mol. The number of nitrogens with one attached hydrogen (secondary N) is 2. The number of rotatable bonds is 4. The molecule has 2 N–H and O–H groups in total. The first-order valence-electron chi connectivity index (χ1n) is 10.2. The summed E-state index contributed by atoms with van der Waals surface area (Å²) < 4.78 is 1.85. The predicted molar refractivity (Wildman–Crippen MR) is 127 cm³/mol. The van der Waals surface area contributed by atoms with Crippen LogP contribution in [0.25, 0.3) is 11.0 Å². The maximum Gasteiger partial charge on any atom is 0.269 e. The smallest absolute Gasteiger partial charge is 0.269 e. The number of non-ortho nitro benzene ring substituents is 1. The van der Waals surface area contributed by atoms with Gasteiger partial charge in [0.15, 0.2) is 0 Å². The molecule has 1 atom stereocenters. The number of fused-ring (bicyclic) bond motifs is 3. The third kappa shape index (κ3) is 3.60. The van der Waals surface area contributed by atoms with Crippen molar-refractivity contribution in [3.8, 4) is 0 Å². The minimum absolute atomic E-state index is 0.112. The van der Waals surface area contributed by atoms with Crippen LogP contribution in [-0.2, 0) is 4.79 Å². The second-order valence-corrected chi connectivity index (χ2v) is 8.05. The summed E-state index contributed by atoms with van der Waals surface area (Å²) in [5.41, 5.74) is 3.42. The van der Waals surface area contributed by atoms with Gasteiger partial charge in [-0.2, -0.15) is 0 Å². The second kappa shape index (κ2) is 8.07. The lowest BCUT2D eigenvalue weighted by Crippen LogP contribution is -2.31. The molecule has 8 nitrogen and oxygen atoms in total. The Bertz CT molecular complexity index is 1450. The molecule has 1 aliphatic heterocycles. The van der Waals surface area contributed by atoms with Crippen LogP contribution in [0.5, 0.6) is 0 Å². The van der Waals surface area contributed by atoms with E-state index < -0.39 is 11.0 Å². The number of para-hydroxylation sites is 3. The Hall–Kier alpha value is -4.17. The van der Waals surface area contributed by atoms with Crippen molar-refractivity contribution in [3.63, 3.8) is 0 Å². The van der Waals surface area contributed by atoms with E-state index in [1.807, 2.05) is 47.0 Å². The lowest BCUT2D eigenvalue weighted by molar-refractivity contribution is -0.384. The van der Waals surface area contributed by atoms with E-state index in [4.69, 9.17) is 11.6 Å². The summed E-state index contributed by atoms with van der Waals surface area (Å²) in [6, 6.07) is 20.1. The van der Waals surface area contributed by atoms with Gasteiger partial charge in [0.25, 0.3) is 11.6 Å². The number of hydrogen-bond acceptors (Lipinski definition) is 5. The monoisotopic (exact) mass is 459 g/mol. The van der Waals surface area contributed by atoms with Crippen LogP contribution in [0.3, 0.4) is 0 Å². The molecule has 1 aromatic heterocycles. The highest BCUT2D eigenvalue weighted by atomic mass is 35.5. The summed E-state index contributed by atoms with van der Waals surface area (Å²) in [5, 5.41) is 18.0. The molecule has 1 unspecified atom stereocenters. The van der Waals surface area contributed by atoms with Gasteiger partial charge in [-0.05, 0) is 37.3 Å². The highest BCUT2D eigenvalue weighted by molar-refractivity contribution is 6.31. The minimum atomic E-state index is -0.732. The fraction of sp³-hybridized carbons (Fsp3) is 0.0833. The van der Waals surface area contributed by atoms with Crippen LogP contribution in [0.4, 0.5) is 17.3 Å². The van der Waals surface area contributed by atoms with E-state index in [9.17, 15) is 14.9 Å². The first-order valence-corrected chi connectivity index (χ1v) is 10.6. The number of carbonyl (C=O) groups is 1. The molecule has 33 heavy (non-hydrogen) atoms. The highest BCUT2D eigenvalue weighted by Crippen LogP contribution is 2.42. The van der Waals surface area contributed by atoms with E-state index >= 15 is 0 Å². The number of halogens is 1. The van der Waals surface area contributed by atoms with Gasteiger partial charge >= 0.3 is 0 Å². The topological polar surface area (TPSA) is 102 Å². The Morgan fingerprint density at radius 1 is 1.12 bits per heavy atom. The number of nitro benzene ring substituents is 1. The Morgan fingerprint density at radius 2 is 1.85 bits per heavy atom. The second-order valence-electron chi connectivity index (χ2n) is 7.64. The largest absolute Gasteiger partial charge is 0.329 e. The Labute approximate surface area is 193 Å². The van der Waals surface area contributed by atoms with Gasteiger partial charge in [-0.25, -0.2) is 4.98 Å². The van der Waals surface area contributed by atoms with Crippen LogP contribution < -0.4 is 10.6 Å². The van der Waals surface area contributed by atoms with E-state index in [-0.39, 0.29) is 11.6 Å². The van der Waals surface area contributed by atoms with Crippen molar-refractivity contribution in [1.29, 1.82) is 0 Å². The van der Waals surface area contributed by atoms with Crippen molar-refractivity contribution in [1.82, 2.24) is 9.55 Å². The van der Waals surface area contributed by atoms with Crippen LogP contribution in [0.1, 0.15) is 18.5 Å². The van der Waals surface area contributed by atoms with Gasteiger partial charge in [0.2, 0.25) is 5.95 Å². The van der Waals surface area contributed by atoms with Crippen LogP contribution in [0, 0.1) is 10.1 Å². The van der Waals surface area contributed by atoms with Crippen molar-refractivity contribution in [2.45, 2.75) is 13.0 Å². The Balaban J connectivity index is 1.73. The van der Waals surface area contributed by atoms with Crippen molar-refractivity contribution in [3.05, 3.63) is 105 Å². The predicted octanol–water partition coefficient (Wildman–Crippen LogP) is 5.53. The maximum absolute atomic E-state index is 13.5. The number of benzene rings is 3. The molecule has 5 rings (SSSR count). The van der Waals surface area contributed by atoms with Gasteiger partial charge in [-0.15, -0.1) is 0 Å². The number of allylic oxidation sites excluding steroid dienone is 1. The normalized spacial score (nSPS) is 15.2. The summed E-state index contributed by atoms with van der Waals surface area (Å²) in [7, 11) is 0. The zero-order valence-electron chi connectivity index (χ0n) is 17.4. The molecule has 1 amide bonds. The molecule has 0 radical (unpaired) electrons. The molecule has 1 aliphatic rings. The number of hydrogen-bond donors (Lipinski definition) is 2. The third-order valence-corrected chi connectivity index (χ3v) is 5.94. The van der Waals surface area contributed by atoms with Gasteiger partial charge in [0, 0.05) is 34.1 Å². The molecule has 2 heterocycles. The molecular formula is C24H18ClN5O3. The molecule has 9 heteroatoms. The zero-order valence-corrected chi connectivity index (χ0v) is 18.2. The molecule has 3 aromatic carbocycles. The molecule has 0 saturated heterocycles. The molecular weight excluding hydrogens is 442 g/mol. The van der Waals surface area contributed by atoms with E-state index in [0.717, 1.165) is 11.0 Å². The lowest BCUT2D eigenvalue weighted by Gasteiger charge is -2.31. The quantitative estimate of drug-likeness (QED) is 0.309. The average Bonchev–Trinajstić information content (AvgIpc) is 3.17. The summed E-state index contributed by atoms with van der Waals surface area (Å²) in [5.74, 6) is 0.180. The summed E-state index contributed by atoms with van der Waals surface area (Å²) in [6.45, 7) is 1.78. The third-order valence-electron chi connectivity index (χ3n) is 5.59. The first kappa shape index (κ1) is 20.7. The number of aromatic nitrogens is 2. The van der Waals surface area contributed by atoms with E-state index in [2.05, 4.69) is 15.6 Å². The minimum Gasteiger partial charge on any atom is -0.329 e. The number of nitrogens with zero attached hydrogens (tertiary/aromatic N) is 3. The summed E-state index contributed by atoms with van der Waals surface area (Å²) in [6.07, 6.45) is 0. The van der Waals surface area contributed by atoms with Gasteiger partial charge < -0.3 is 10.6 Å². The summed E-state index contributed by atoms with van der Waals surface area (Å²) >= 11 is 6.57. The fourth-order valence-corrected chi connectivity index (χ4v) is 4.35. The molecule has 164 valence electrons. The molecule has 0 saturated carbocycles. The number of carbonyl (C=O) groups excluding carboxylic acids is 1. The van der Waals surface area contributed by atoms with Crippen LogP contribution >= 0.6 is 11.6 Å². The lowest BCUT2D eigenvalue weighted by atomic mass is 9.93. The number of nitro groups is 1. The van der Waals surface area contributed by atoms with Crippen LogP contribution in [0.15, 0.2) is 84.1 Å². The van der Waals surface area contributed by atoms with Crippen LogP contribution in [0.2, 0.25) is 5.02 Å². The Kier molecular flexibility index (Phi) is 5.07. The zero-order chi connectivity index (χ0) is 23.1. The summed E-state index contributed by atoms with van der Waals surface area (Å²) in [4.78, 5) is 29.2. The van der Waals surface area contributed by atoms with Crippen molar-refractivity contribution < 1.29 is 9.72 Å². The standard InChI is InChI=1S/C24H18ClN5O3/c1-14-21(23(31)27-15-7-3-2-4-8-15)22(17-13-16(30(32)33)11-12-18(17)25)29-20-10-6-5-9-19(20)28-24(29)26-14/h2-13,22H,1H3,(H,26,28)(H,27,31). The number of imidazole rings is 1. The van der Waals surface area contributed by atoms with Crippen molar-refractivity contribution in [2.75, 3.05) is 10.6 Å². The van der Waals surface area contributed by atoms with Gasteiger partial charge in [0.05, 0.1) is 27.6 Å². The van der Waals surface area contributed by atoms with Crippen molar-refractivity contribution >= 4 is 45.9 Å². The van der Waals surface area contributed by atoms with E-state index in [0.29, 0.717) is 33.5 Å². The number of anilines is 2.